The highest BCUT2D eigenvalue weighted by Gasteiger charge is 2.18. The molecule has 1 saturated heterocycles. The van der Waals surface area contributed by atoms with Gasteiger partial charge in [0.15, 0.2) is 0 Å². The number of benzene rings is 1. The molecule has 0 atom stereocenters. The largest absolute Gasteiger partial charge is 0.495 e. The zero-order valence-electron chi connectivity index (χ0n) is 12.4. The van der Waals surface area contributed by atoms with Crippen LogP contribution in [-0.2, 0) is 0 Å². The number of anilines is 1. The number of likely N-dealkylation sites (tertiary alicyclic amines) is 1. The average molecular weight is 313 g/mol. The Morgan fingerprint density at radius 1 is 1.10 bits per heavy atom. The summed E-state index contributed by atoms with van der Waals surface area (Å²) < 4.78 is 10.4. The van der Waals surface area contributed by atoms with Crippen molar-refractivity contribution in [2.24, 2.45) is 0 Å². The lowest BCUT2D eigenvalue weighted by Crippen LogP contribution is -2.35. The molecule has 1 aliphatic heterocycles. The van der Waals surface area contributed by atoms with Gasteiger partial charge in [-0.25, -0.2) is 4.79 Å². The molecular weight excluding hydrogens is 292 g/mol. The number of nitrogens with zero attached hydrogens (tertiary/aromatic N) is 1. The van der Waals surface area contributed by atoms with Crippen molar-refractivity contribution >= 4 is 23.3 Å². The molecule has 0 aromatic heterocycles. The van der Waals surface area contributed by atoms with Crippen molar-refractivity contribution < 1.29 is 14.3 Å². The summed E-state index contributed by atoms with van der Waals surface area (Å²) in [5, 5.41) is 3.31. The van der Waals surface area contributed by atoms with Crippen LogP contribution in [0.5, 0.6) is 11.5 Å². The van der Waals surface area contributed by atoms with Crippen molar-refractivity contribution in [3.05, 3.63) is 17.2 Å². The first-order valence-electron chi connectivity index (χ1n) is 7.13. The average Bonchev–Trinajstić information content (AvgIpc) is 2.76. The summed E-state index contributed by atoms with van der Waals surface area (Å²) in [6, 6.07) is 3.20. The maximum atomic E-state index is 12.3. The first kappa shape index (κ1) is 15.8. The van der Waals surface area contributed by atoms with E-state index in [1.165, 1.54) is 20.0 Å². The minimum absolute atomic E-state index is 0.114. The number of ether oxygens (including phenoxy) is 2. The second kappa shape index (κ2) is 7.41. The lowest BCUT2D eigenvalue weighted by Gasteiger charge is -2.22. The van der Waals surface area contributed by atoms with Crippen molar-refractivity contribution in [1.82, 2.24) is 4.90 Å². The van der Waals surface area contributed by atoms with Crippen molar-refractivity contribution in [3.63, 3.8) is 0 Å². The topological polar surface area (TPSA) is 50.8 Å². The van der Waals surface area contributed by atoms with E-state index in [2.05, 4.69) is 5.32 Å². The number of hydrogen-bond acceptors (Lipinski definition) is 3. The van der Waals surface area contributed by atoms with Crippen LogP contribution < -0.4 is 14.8 Å². The Kier molecular flexibility index (Phi) is 5.56. The van der Waals surface area contributed by atoms with Crippen molar-refractivity contribution in [2.45, 2.75) is 25.7 Å². The molecule has 1 fully saturated rings. The number of urea groups is 1. The molecule has 0 bridgehead atoms. The summed E-state index contributed by atoms with van der Waals surface area (Å²) in [5.74, 6) is 1.04. The number of amides is 2. The number of carbonyl (C=O) groups excluding carboxylic acids is 1. The minimum Gasteiger partial charge on any atom is -0.495 e. The molecule has 1 aromatic carbocycles. The van der Waals surface area contributed by atoms with Gasteiger partial charge in [0.2, 0.25) is 0 Å². The van der Waals surface area contributed by atoms with Crippen molar-refractivity contribution in [1.29, 1.82) is 0 Å². The summed E-state index contributed by atoms with van der Waals surface area (Å²) >= 11 is 6.11. The van der Waals surface area contributed by atoms with Gasteiger partial charge in [-0.2, -0.15) is 0 Å². The zero-order chi connectivity index (χ0) is 15.2. The second-order valence-electron chi connectivity index (χ2n) is 5.02. The van der Waals surface area contributed by atoms with Gasteiger partial charge in [0.1, 0.15) is 11.5 Å². The number of methoxy groups -OCH3 is 2. The number of carbonyl (C=O) groups is 1. The van der Waals surface area contributed by atoms with Crippen LogP contribution in [0.15, 0.2) is 12.1 Å². The van der Waals surface area contributed by atoms with Gasteiger partial charge < -0.3 is 19.7 Å². The van der Waals surface area contributed by atoms with E-state index in [-0.39, 0.29) is 6.03 Å². The first-order valence-corrected chi connectivity index (χ1v) is 7.51. The van der Waals surface area contributed by atoms with Crippen LogP contribution in [0.3, 0.4) is 0 Å². The zero-order valence-corrected chi connectivity index (χ0v) is 13.2. The monoisotopic (exact) mass is 312 g/mol. The molecule has 6 heteroatoms. The van der Waals surface area contributed by atoms with E-state index >= 15 is 0 Å². The summed E-state index contributed by atoms with van der Waals surface area (Å²) in [4.78, 5) is 14.2. The number of rotatable bonds is 3. The summed E-state index contributed by atoms with van der Waals surface area (Å²) in [6.07, 6.45) is 4.46. The fraction of sp³-hybridized carbons (Fsp3) is 0.533. The molecule has 0 unspecified atom stereocenters. The van der Waals surface area contributed by atoms with E-state index in [0.717, 1.165) is 25.9 Å². The van der Waals surface area contributed by atoms with Crippen molar-refractivity contribution in [3.8, 4) is 11.5 Å². The van der Waals surface area contributed by atoms with Crippen LogP contribution in [0, 0.1) is 0 Å². The molecule has 116 valence electrons. The van der Waals surface area contributed by atoms with Crippen molar-refractivity contribution in [2.75, 3.05) is 32.6 Å². The molecule has 5 nitrogen and oxygen atoms in total. The van der Waals surface area contributed by atoms with Crippen LogP contribution in [0.4, 0.5) is 10.5 Å². The Bertz CT molecular complexity index is 500. The molecule has 0 saturated carbocycles. The summed E-state index contributed by atoms with van der Waals surface area (Å²) in [6.45, 7) is 1.58. The molecule has 0 spiro atoms. The van der Waals surface area contributed by atoms with E-state index < -0.39 is 0 Å². The fourth-order valence-corrected chi connectivity index (χ4v) is 2.67. The smallest absolute Gasteiger partial charge is 0.321 e. The Hall–Kier alpha value is -1.62. The number of hydrogen-bond donors (Lipinski definition) is 1. The third-order valence-corrected chi connectivity index (χ3v) is 3.90. The molecule has 0 radical (unpaired) electrons. The Labute approximate surface area is 130 Å². The van der Waals surface area contributed by atoms with Crippen LogP contribution in [-0.4, -0.2) is 38.2 Å². The van der Waals surface area contributed by atoms with Gasteiger partial charge in [-0.1, -0.05) is 24.4 Å². The van der Waals surface area contributed by atoms with Crippen LogP contribution in [0.1, 0.15) is 25.7 Å². The van der Waals surface area contributed by atoms with Gasteiger partial charge in [-0.3, -0.25) is 0 Å². The molecular formula is C15H21ClN2O3. The molecule has 2 amide bonds. The molecule has 1 aliphatic rings. The van der Waals surface area contributed by atoms with Gasteiger partial charge in [-0.15, -0.1) is 0 Å². The Balaban J connectivity index is 2.14. The predicted molar refractivity (Wildman–Crippen MR) is 83.6 cm³/mol. The van der Waals surface area contributed by atoms with Gasteiger partial charge in [0.25, 0.3) is 0 Å². The van der Waals surface area contributed by atoms with Crippen LogP contribution >= 0.6 is 11.6 Å². The highest BCUT2D eigenvalue weighted by Crippen LogP contribution is 2.36. The third-order valence-electron chi connectivity index (χ3n) is 3.61. The normalized spacial score (nSPS) is 15.3. The van der Waals surface area contributed by atoms with Gasteiger partial charge in [0.05, 0.1) is 24.9 Å². The maximum absolute atomic E-state index is 12.3. The maximum Gasteiger partial charge on any atom is 0.321 e. The minimum atomic E-state index is -0.114. The van der Waals surface area contributed by atoms with E-state index in [1.54, 1.807) is 19.2 Å². The van der Waals surface area contributed by atoms with Crippen LogP contribution in [0.2, 0.25) is 5.02 Å². The molecule has 1 heterocycles. The number of nitrogens with one attached hydrogen (secondary N) is 1. The highest BCUT2D eigenvalue weighted by atomic mass is 35.5. The van der Waals surface area contributed by atoms with E-state index in [1.807, 2.05) is 4.90 Å². The van der Waals surface area contributed by atoms with E-state index in [9.17, 15) is 4.79 Å². The van der Waals surface area contributed by atoms with Crippen LogP contribution in [0.25, 0.3) is 0 Å². The number of halogens is 1. The summed E-state index contributed by atoms with van der Waals surface area (Å²) in [5.41, 5.74) is 0.553. The highest BCUT2D eigenvalue weighted by molar-refractivity contribution is 6.32. The lowest BCUT2D eigenvalue weighted by molar-refractivity contribution is 0.213. The van der Waals surface area contributed by atoms with E-state index in [0.29, 0.717) is 22.2 Å². The second-order valence-corrected chi connectivity index (χ2v) is 5.43. The van der Waals surface area contributed by atoms with Gasteiger partial charge in [0, 0.05) is 19.2 Å². The SMILES string of the molecule is COc1cc(OC)c(NC(=O)N2CCCCCC2)cc1Cl. The Morgan fingerprint density at radius 2 is 1.71 bits per heavy atom. The summed E-state index contributed by atoms with van der Waals surface area (Å²) in [7, 11) is 3.08. The molecule has 2 rings (SSSR count). The quantitative estimate of drug-likeness (QED) is 0.924. The third kappa shape index (κ3) is 3.94. The van der Waals surface area contributed by atoms with E-state index in [4.69, 9.17) is 21.1 Å². The fourth-order valence-electron chi connectivity index (χ4n) is 2.43. The first-order chi connectivity index (χ1) is 10.2. The molecule has 1 N–H and O–H groups in total. The van der Waals surface area contributed by atoms with Gasteiger partial charge in [-0.05, 0) is 18.9 Å². The van der Waals surface area contributed by atoms with Gasteiger partial charge >= 0.3 is 6.03 Å². The predicted octanol–water partition coefficient (Wildman–Crippen LogP) is 3.77. The molecule has 0 aliphatic carbocycles. The molecule has 1 aromatic rings. The lowest BCUT2D eigenvalue weighted by atomic mass is 10.2. The Morgan fingerprint density at radius 3 is 2.29 bits per heavy atom. The molecule has 21 heavy (non-hydrogen) atoms. The standard InChI is InChI=1S/C15H21ClN2O3/c1-20-13-10-14(21-2)12(9-11(13)16)17-15(19)18-7-5-3-4-6-8-18/h9-10H,3-8H2,1-2H3,(H,17,19).